The molecule has 1 N–H and O–H groups in total. The standard InChI is InChI=1S/C18H19Cl2NO6S/c1-9-6-12(19)10(2)17(16(9)20)28(23,24)21-13-8-15(26-4)14(25-3)7-11(13)18(22)27-5/h6-8,21H,1-5H3. The molecule has 0 heterocycles. The second-order valence-electron chi connectivity index (χ2n) is 5.79. The number of nitrogens with one attached hydrogen (secondary N) is 1. The van der Waals surface area contributed by atoms with E-state index < -0.39 is 16.0 Å². The molecule has 0 unspecified atom stereocenters. The van der Waals surface area contributed by atoms with E-state index in [1.807, 2.05) is 0 Å². The van der Waals surface area contributed by atoms with E-state index in [4.69, 9.17) is 37.4 Å². The van der Waals surface area contributed by atoms with E-state index in [1.54, 1.807) is 13.0 Å². The lowest BCUT2D eigenvalue weighted by Gasteiger charge is -2.18. The van der Waals surface area contributed by atoms with Gasteiger partial charge < -0.3 is 14.2 Å². The molecular weight excluding hydrogens is 429 g/mol. The summed E-state index contributed by atoms with van der Waals surface area (Å²) in [6, 6.07) is 4.22. The molecule has 0 saturated carbocycles. The Hall–Kier alpha value is -2.16. The van der Waals surface area contributed by atoms with E-state index in [0.29, 0.717) is 5.56 Å². The van der Waals surface area contributed by atoms with Crippen molar-refractivity contribution in [2.24, 2.45) is 0 Å². The maximum Gasteiger partial charge on any atom is 0.340 e. The van der Waals surface area contributed by atoms with Gasteiger partial charge in [-0.05, 0) is 31.0 Å². The number of ether oxygens (including phenoxy) is 3. The fourth-order valence-electron chi connectivity index (χ4n) is 2.57. The number of carbonyl (C=O) groups excluding carboxylic acids is 1. The number of halogens is 2. The lowest BCUT2D eigenvalue weighted by atomic mass is 10.1. The van der Waals surface area contributed by atoms with E-state index in [9.17, 15) is 13.2 Å². The van der Waals surface area contributed by atoms with Gasteiger partial charge in [0.1, 0.15) is 4.90 Å². The molecule has 152 valence electrons. The summed E-state index contributed by atoms with van der Waals surface area (Å²) in [7, 11) is -0.246. The summed E-state index contributed by atoms with van der Waals surface area (Å²) >= 11 is 12.4. The number of carbonyl (C=O) groups is 1. The topological polar surface area (TPSA) is 90.9 Å². The third-order valence-corrected chi connectivity index (χ3v) is 6.56. The average molecular weight is 448 g/mol. The van der Waals surface area contributed by atoms with Gasteiger partial charge in [-0.25, -0.2) is 13.2 Å². The van der Waals surface area contributed by atoms with Crippen molar-refractivity contribution in [1.82, 2.24) is 0 Å². The van der Waals surface area contributed by atoms with Gasteiger partial charge in [0.05, 0.1) is 37.6 Å². The first kappa shape index (κ1) is 22.1. The quantitative estimate of drug-likeness (QED) is 0.666. The van der Waals surface area contributed by atoms with Gasteiger partial charge in [0.15, 0.2) is 11.5 Å². The first-order valence-corrected chi connectivity index (χ1v) is 10.1. The number of benzene rings is 2. The van der Waals surface area contributed by atoms with Crippen molar-refractivity contribution in [3.8, 4) is 11.5 Å². The lowest BCUT2D eigenvalue weighted by molar-refractivity contribution is 0.0601. The molecule has 0 spiro atoms. The molecule has 10 heteroatoms. The van der Waals surface area contributed by atoms with Gasteiger partial charge in [0, 0.05) is 17.2 Å². The average Bonchev–Trinajstić information content (AvgIpc) is 2.65. The molecule has 0 bridgehead atoms. The summed E-state index contributed by atoms with van der Waals surface area (Å²) < 4.78 is 43.6. The van der Waals surface area contributed by atoms with Crippen molar-refractivity contribution in [2.75, 3.05) is 26.1 Å². The molecule has 2 aromatic rings. The van der Waals surface area contributed by atoms with E-state index in [0.717, 1.165) is 0 Å². The van der Waals surface area contributed by atoms with Gasteiger partial charge in [-0.3, -0.25) is 4.72 Å². The van der Waals surface area contributed by atoms with E-state index in [2.05, 4.69) is 4.72 Å². The Labute approximate surface area is 173 Å². The van der Waals surface area contributed by atoms with Crippen LogP contribution in [0.4, 0.5) is 5.69 Å². The van der Waals surface area contributed by atoms with Crippen LogP contribution in [0.25, 0.3) is 0 Å². The number of aryl methyl sites for hydroxylation is 1. The van der Waals surface area contributed by atoms with Gasteiger partial charge in [0.2, 0.25) is 0 Å². The predicted octanol–water partition coefficient (Wildman–Crippen LogP) is 4.21. The first-order valence-electron chi connectivity index (χ1n) is 7.89. The zero-order valence-corrected chi connectivity index (χ0v) is 18.2. The molecule has 2 rings (SSSR count). The minimum absolute atomic E-state index is 0.0366. The Morgan fingerprint density at radius 1 is 1.00 bits per heavy atom. The van der Waals surface area contributed by atoms with Gasteiger partial charge in [-0.15, -0.1) is 0 Å². The molecule has 0 fully saturated rings. The minimum Gasteiger partial charge on any atom is -0.493 e. The number of esters is 1. The van der Waals surface area contributed by atoms with Crippen molar-refractivity contribution >= 4 is 44.9 Å². The van der Waals surface area contributed by atoms with Crippen molar-refractivity contribution in [1.29, 1.82) is 0 Å². The third kappa shape index (κ3) is 4.14. The second-order valence-corrected chi connectivity index (χ2v) is 8.20. The molecular formula is C18H19Cl2NO6S. The highest BCUT2D eigenvalue weighted by molar-refractivity contribution is 7.93. The van der Waals surface area contributed by atoms with Crippen LogP contribution in [0.3, 0.4) is 0 Å². The molecule has 0 amide bonds. The molecule has 0 radical (unpaired) electrons. The molecule has 0 atom stereocenters. The van der Waals surface area contributed by atoms with Crippen LogP contribution in [0.5, 0.6) is 11.5 Å². The SMILES string of the molecule is COC(=O)c1cc(OC)c(OC)cc1NS(=O)(=O)c1c(C)c(Cl)cc(C)c1Cl. The van der Waals surface area contributed by atoms with Gasteiger partial charge >= 0.3 is 5.97 Å². The third-order valence-electron chi connectivity index (χ3n) is 4.03. The van der Waals surface area contributed by atoms with Crippen LogP contribution in [0, 0.1) is 13.8 Å². The highest BCUT2D eigenvalue weighted by Gasteiger charge is 2.27. The largest absolute Gasteiger partial charge is 0.493 e. The normalized spacial score (nSPS) is 11.1. The Balaban J connectivity index is 2.69. The zero-order valence-electron chi connectivity index (χ0n) is 15.8. The molecule has 0 aliphatic rings. The predicted molar refractivity (Wildman–Crippen MR) is 108 cm³/mol. The fourth-order valence-corrected chi connectivity index (χ4v) is 4.86. The Morgan fingerprint density at radius 3 is 2.11 bits per heavy atom. The van der Waals surface area contributed by atoms with Crippen molar-refractivity contribution in [3.05, 3.63) is 44.9 Å². The Bertz CT molecular complexity index is 1010. The maximum atomic E-state index is 13.1. The van der Waals surface area contributed by atoms with Crippen LogP contribution >= 0.6 is 23.2 Å². The van der Waals surface area contributed by atoms with Crippen LogP contribution in [0.15, 0.2) is 23.1 Å². The molecule has 7 nitrogen and oxygen atoms in total. The number of sulfonamides is 1. The summed E-state index contributed by atoms with van der Waals surface area (Å²) in [6.07, 6.45) is 0. The smallest absolute Gasteiger partial charge is 0.340 e. The van der Waals surface area contributed by atoms with Crippen LogP contribution in [0.1, 0.15) is 21.5 Å². The Morgan fingerprint density at radius 2 is 1.57 bits per heavy atom. The van der Waals surface area contributed by atoms with Crippen LogP contribution in [-0.2, 0) is 14.8 Å². The summed E-state index contributed by atoms with van der Waals surface area (Å²) in [5.41, 5.74) is 0.664. The van der Waals surface area contributed by atoms with Crippen molar-refractivity contribution < 1.29 is 27.4 Å². The number of hydrogen-bond donors (Lipinski definition) is 1. The van der Waals surface area contributed by atoms with E-state index in [1.165, 1.54) is 40.4 Å². The molecule has 0 aliphatic carbocycles. The summed E-state index contributed by atoms with van der Waals surface area (Å²) in [5, 5.41) is 0.289. The molecule has 0 aliphatic heterocycles. The van der Waals surface area contributed by atoms with Gasteiger partial charge in [0.25, 0.3) is 10.0 Å². The molecule has 0 aromatic heterocycles. The summed E-state index contributed by atoms with van der Waals surface area (Å²) in [6.45, 7) is 3.18. The number of anilines is 1. The lowest BCUT2D eigenvalue weighted by Crippen LogP contribution is -2.18. The van der Waals surface area contributed by atoms with E-state index >= 15 is 0 Å². The van der Waals surface area contributed by atoms with Crippen LogP contribution in [0.2, 0.25) is 10.0 Å². The Kier molecular flexibility index (Phi) is 6.69. The van der Waals surface area contributed by atoms with Crippen LogP contribution < -0.4 is 14.2 Å². The van der Waals surface area contributed by atoms with Gasteiger partial charge in [-0.1, -0.05) is 23.2 Å². The molecule has 0 saturated heterocycles. The van der Waals surface area contributed by atoms with Crippen molar-refractivity contribution in [2.45, 2.75) is 18.7 Å². The monoisotopic (exact) mass is 447 g/mol. The number of hydrogen-bond acceptors (Lipinski definition) is 6. The molecule has 28 heavy (non-hydrogen) atoms. The van der Waals surface area contributed by atoms with Crippen molar-refractivity contribution in [3.63, 3.8) is 0 Å². The minimum atomic E-state index is -4.20. The zero-order chi connectivity index (χ0) is 21.2. The van der Waals surface area contributed by atoms with E-state index in [-0.39, 0.29) is 43.3 Å². The second kappa shape index (κ2) is 8.46. The first-order chi connectivity index (χ1) is 13.1. The maximum absolute atomic E-state index is 13.1. The highest BCUT2D eigenvalue weighted by Crippen LogP contribution is 2.37. The highest BCUT2D eigenvalue weighted by atomic mass is 35.5. The summed E-state index contributed by atoms with van der Waals surface area (Å²) in [5.74, 6) is -0.305. The van der Waals surface area contributed by atoms with Gasteiger partial charge in [-0.2, -0.15) is 0 Å². The van der Waals surface area contributed by atoms with Crippen LogP contribution in [-0.4, -0.2) is 35.7 Å². The number of rotatable bonds is 6. The summed E-state index contributed by atoms with van der Waals surface area (Å²) in [4.78, 5) is 12.0. The molecule has 2 aromatic carbocycles. The fraction of sp³-hybridized carbons (Fsp3) is 0.278. The number of methoxy groups -OCH3 is 3.